The molecule has 2 heterocycles. The van der Waals surface area contributed by atoms with Crippen LogP contribution in [0.5, 0.6) is 0 Å². The van der Waals surface area contributed by atoms with Gasteiger partial charge in [0.05, 0.1) is 17.7 Å². The highest BCUT2D eigenvalue weighted by Crippen LogP contribution is 2.44. The Kier molecular flexibility index (Phi) is 4.20. The van der Waals surface area contributed by atoms with Gasteiger partial charge in [-0.1, -0.05) is 24.3 Å². The first-order valence-electron chi connectivity index (χ1n) is 10.5. The minimum Gasteiger partial charge on any atom is -0.377 e. The second kappa shape index (κ2) is 6.69. The van der Waals surface area contributed by atoms with Crippen LogP contribution in [0.2, 0.25) is 0 Å². The van der Waals surface area contributed by atoms with E-state index in [4.69, 9.17) is 4.98 Å². The topological polar surface area (TPSA) is 76.0 Å². The highest BCUT2D eigenvalue weighted by atomic mass is 16.2. The van der Waals surface area contributed by atoms with Gasteiger partial charge in [0.2, 0.25) is 0 Å². The quantitative estimate of drug-likeness (QED) is 0.706. The van der Waals surface area contributed by atoms with Gasteiger partial charge in [0, 0.05) is 18.2 Å². The van der Waals surface area contributed by atoms with Crippen molar-refractivity contribution >= 4 is 28.4 Å². The van der Waals surface area contributed by atoms with Crippen molar-refractivity contribution in [2.75, 3.05) is 11.9 Å². The standard InChI is InChI=1S/C24H26N4O2/c1-14(29)13-25-23(30)19-10-20-22(26-15(2)28(20)3)21-18(19)8-9-24(27-21)11-16-6-4-5-7-17(16)12-24/h4-7,10,27H,8-9,11-13H2,1-3H3,(H,25,30). The average molecular weight is 402 g/mol. The number of nitrogens with one attached hydrogen (secondary N) is 2. The van der Waals surface area contributed by atoms with Crippen LogP contribution >= 0.6 is 0 Å². The number of amides is 1. The summed E-state index contributed by atoms with van der Waals surface area (Å²) in [5.41, 5.74) is 7.23. The van der Waals surface area contributed by atoms with E-state index in [1.165, 1.54) is 18.1 Å². The maximum absolute atomic E-state index is 13.0. The molecule has 6 heteroatoms. The van der Waals surface area contributed by atoms with Crippen LogP contribution in [0.3, 0.4) is 0 Å². The Morgan fingerprint density at radius 3 is 2.60 bits per heavy atom. The number of ketones is 1. The minimum absolute atomic E-state index is 0.0382. The Balaban J connectivity index is 1.61. The van der Waals surface area contributed by atoms with Crippen molar-refractivity contribution in [1.29, 1.82) is 0 Å². The molecule has 154 valence electrons. The number of fused-ring (bicyclic) bond motifs is 4. The lowest BCUT2D eigenvalue weighted by Crippen LogP contribution is -2.43. The maximum atomic E-state index is 13.0. The molecule has 1 spiro atoms. The molecule has 2 N–H and O–H groups in total. The third kappa shape index (κ3) is 2.90. The summed E-state index contributed by atoms with van der Waals surface area (Å²) in [6, 6.07) is 10.6. The van der Waals surface area contributed by atoms with Gasteiger partial charge in [-0.05, 0) is 62.3 Å². The first kappa shape index (κ1) is 18.9. The number of aromatic nitrogens is 2. The van der Waals surface area contributed by atoms with Crippen molar-refractivity contribution in [2.45, 2.75) is 45.1 Å². The third-order valence-electron chi connectivity index (χ3n) is 6.67. The van der Waals surface area contributed by atoms with E-state index >= 15 is 0 Å². The van der Waals surface area contributed by atoms with Crippen LogP contribution in [0, 0.1) is 6.92 Å². The lowest BCUT2D eigenvalue weighted by molar-refractivity contribution is -0.116. The predicted molar refractivity (Wildman–Crippen MR) is 117 cm³/mol. The molecule has 1 aliphatic heterocycles. The molecular formula is C24H26N4O2. The van der Waals surface area contributed by atoms with Crippen molar-refractivity contribution in [2.24, 2.45) is 7.05 Å². The minimum atomic E-state index is -0.199. The molecule has 3 aromatic rings. The summed E-state index contributed by atoms with van der Waals surface area (Å²) >= 11 is 0. The van der Waals surface area contributed by atoms with Crippen LogP contribution in [0.4, 0.5) is 5.69 Å². The summed E-state index contributed by atoms with van der Waals surface area (Å²) in [4.78, 5) is 29.1. The van der Waals surface area contributed by atoms with Gasteiger partial charge in [-0.25, -0.2) is 4.98 Å². The number of carbonyl (C=O) groups is 2. The number of carbonyl (C=O) groups excluding carboxylic acids is 2. The number of anilines is 1. The van der Waals surface area contributed by atoms with Crippen molar-refractivity contribution in [3.05, 3.63) is 58.4 Å². The Hall–Kier alpha value is -3.15. The first-order chi connectivity index (χ1) is 14.4. The maximum Gasteiger partial charge on any atom is 0.252 e. The average Bonchev–Trinajstić information content (AvgIpc) is 3.22. The van der Waals surface area contributed by atoms with Crippen LogP contribution in [-0.2, 0) is 31.1 Å². The summed E-state index contributed by atoms with van der Waals surface area (Å²) in [7, 11) is 1.97. The molecule has 5 rings (SSSR count). The second-order valence-electron chi connectivity index (χ2n) is 8.78. The van der Waals surface area contributed by atoms with Crippen LogP contribution < -0.4 is 10.6 Å². The normalized spacial score (nSPS) is 16.2. The zero-order valence-corrected chi connectivity index (χ0v) is 17.6. The van der Waals surface area contributed by atoms with Gasteiger partial charge in [0.1, 0.15) is 17.1 Å². The summed E-state index contributed by atoms with van der Waals surface area (Å²) in [6.45, 7) is 3.50. The van der Waals surface area contributed by atoms with E-state index in [0.29, 0.717) is 5.56 Å². The van der Waals surface area contributed by atoms with Crippen molar-refractivity contribution in [1.82, 2.24) is 14.9 Å². The highest BCUT2D eigenvalue weighted by Gasteiger charge is 2.41. The predicted octanol–water partition coefficient (Wildman–Crippen LogP) is 3.10. The van der Waals surface area contributed by atoms with Crippen molar-refractivity contribution in [3.8, 4) is 0 Å². The Labute approximate surface area is 175 Å². The van der Waals surface area contributed by atoms with Gasteiger partial charge in [0.15, 0.2) is 0 Å². The molecule has 0 unspecified atom stereocenters. The summed E-state index contributed by atoms with van der Waals surface area (Å²) in [5.74, 6) is 0.648. The summed E-state index contributed by atoms with van der Waals surface area (Å²) in [6.07, 6.45) is 3.73. The van der Waals surface area contributed by atoms with Gasteiger partial charge >= 0.3 is 0 Å². The summed E-state index contributed by atoms with van der Waals surface area (Å²) < 4.78 is 2.02. The zero-order valence-electron chi connectivity index (χ0n) is 17.6. The molecule has 1 aromatic heterocycles. The molecule has 1 amide bonds. The molecule has 1 aliphatic carbocycles. The SMILES string of the molecule is CC(=O)CNC(=O)c1cc2c(nc(C)n2C)c2c1CCC1(Cc3ccccc3C1)N2. The van der Waals surface area contributed by atoms with E-state index in [2.05, 4.69) is 34.9 Å². The van der Waals surface area contributed by atoms with E-state index < -0.39 is 0 Å². The Bertz CT molecular complexity index is 1180. The fraction of sp³-hybridized carbons (Fsp3) is 0.375. The fourth-order valence-electron chi connectivity index (χ4n) is 5.03. The number of nitrogens with zero attached hydrogens (tertiary/aromatic N) is 2. The third-order valence-corrected chi connectivity index (χ3v) is 6.67. The fourth-order valence-corrected chi connectivity index (χ4v) is 5.03. The van der Waals surface area contributed by atoms with Crippen molar-refractivity contribution < 1.29 is 9.59 Å². The molecule has 30 heavy (non-hydrogen) atoms. The Morgan fingerprint density at radius 2 is 1.93 bits per heavy atom. The zero-order chi connectivity index (χ0) is 21.0. The van der Waals surface area contributed by atoms with Gasteiger partial charge in [0.25, 0.3) is 5.91 Å². The van der Waals surface area contributed by atoms with E-state index in [0.717, 1.165) is 53.8 Å². The molecule has 2 aromatic carbocycles. The molecular weight excluding hydrogens is 376 g/mol. The van der Waals surface area contributed by atoms with Crippen LogP contribution in [0.25, 0.3) is 11.0 Å². The van der Waals surface area contributed by atoms with Crippen LogP contribution in [0.1, 0.15) is 46.2 Å². The van der Waals surface area contributed by atoms with Crippen LogP contribution in [-0.4, -0.2) is 33.3 Å². The van der Waals surface area contributed by atoms with E-state index in [1.807, 2.05) is 24.6 Å². The molecule has 0 atom stereocenters. The number of Topliss-reactive ketones (excluding diaryl/α,β-unsaturated/α-hetero) is 1. The molecule has 0 fully saturated rings. The lowest BCUT2D eigenvalue weighted by Gasteiger charge is -2.38. The number of rotatable bonds is 3. The molecule has 0 saturated carbocycles. The monoisotopic (exact) mass is 402 g/mol. The van der Waals surface area contributed by atoms with E-state index in [-0.39, 0.29) is 23.8 Å². The summed E-state index contributed by atoms with van der Waals surface area (Å²) in [5, 5.41) is 6.61. The molecule has 0 radical (unpaired) electrons. The van der Waals surface area contributed by atoms with Gasteiger partial charge in [-0.15, -0.1) is 0 Å². The molecule has 2 aliphatic rings. The second-order valence-corrected chi connectivity index (χ2v) is 8.78. The molecule has 0 bridgehead atoms. The largest absolute Gasteiger partial charge is 0.377 e. The first-order valence-corrected chi connectivity index (χ1v) is 10.5. The number of hydrogen-bond acceptors (Lipinski definition) is 4. The Morgan fingerprint density at radius 1 is 1.23 bits per heavy atom. The van der Waals surface area contributed by atoms with E-state index in [1.54, 1.807) is 0 Å². The van der Waals surface area contributed by atoms with E-state index in [9.17, 15) is 9.59 Å². The van der Waals surface area contributed by atoms with Gasteiger partial charge in [-0.3, -0.25) is 9.59 Å². The number of hydrogen-bond donors (Lipinski definition) is 2. The van der Waals surface area contributed by atoms with Gasteiger partial charge in [-0.2, -0.15) is 0 Å². The number of benzene rings is 2. The van der Waals surface area contributed by atoms with Crippen LogP contribution in [0.15, 0.2) is 30.3 Å². The number of imidazole rings is 1. The molecule has 0 saturated heterocycles. The molecule has 6 nitrogen and oxygen atoms in total. The number of aryl methyl sites for hydroxylation is 2. The smallest absolute Gasteiger partial charge is 0.252 e. The van der Waals surface area contributed by atoms with Gasteiger partial charge < -0.3 is 15.2 Å². The lowest BCUT2D eigenvalue weighted by atomic mass is 9.82. The highest BCUT2D eigenvalue weighted by molar-refractivity contribution is 6.05. The van der Waals surface area contributed by atoms with Crippen molar-refractivity contribution in [3.63, 3.8) is 0 Å².